The number of hydrogen-bond donors (Lipinski definition) is 0. The van der Waals surface area contributed by atoms with E-state index < -0.39 is 5.97 Å². The van der Waals surface area contributed by atoms with Gasteiger partial charge in [0, 0.05) is 22.9 Å². The van der Waals surface area contributed by atoms with Gasteiger partial charge in [0.15, 0.2) is 5.82 Å². The summed E-state index contributed by atoms with van der Waals surface area (Å²) in [5.41, 5.74) is 0.853. The summed E-state index contributed by atoms with van der Waals surface area (Å²) >= 11 is 5.82. The molecule has 20 heavy (non-hydrogen) atoms. The topological polar surface area (TPSA) is 57.0 Å². The Balaban J connectivity index is 2.07. The second kappa shape index (κ2) is 6.34. The molecule has 0 amide bonds. The molecule has 2 aromatic rings. The summed E-state index contributed by atoms with van der Waals surface area (Å²) in [6.07, 6.45) is 4.17. The molecule has 1 aromatic heterocycles. The van der Waals surface area contributed by atoms with E-state index in [0.717, 1.165) is 5.56 Å². The molecule has 0 aliphatic carbocycles. The zero-order valence-corrected chi connectivity index (χ0v) is 11.9. The van der Waals surface area contributed by atoms with Gasteiger partial charge in [-0.05, 0) is 38.1 Å². The third-order valence-corrected chi connectivity index (χ3v) is 2.58. The smallest absolute Gasteiger partial charge is 0.332 e. The maximum absolute atomic E-state index is 11.4. The zero-order chi connectivity index (χ0) is 14.5. The van der Waals surface area contributed by atoms with E-state index >= 15 is 0 Å². The molecule has 0 spiro atoms. The molecule has 2 rings (SSSR count). The van der Waals surface area contributed by atoms with Crippen LogP contribution in [0.15, 0.2) is 36.7 Å². The minimum Gasteiger partial charge on any atom is -0.460 e. The van der Waals surface area contributed by atoms with Crippen molar-refractivity contribution in [2.24, 2.45) is 0 Å². The average Bonchev–Trinajstić information content (AvgIpc) is 2.85. The molecule has 0 unspecified atom stereocenters. The molecule has 0 saturated carbocycles. The predicted molar refractivity (Wildman–Crippen MR) is 77.0 cm³/mol. The fraction of sp³-hybridized carbons (Fsp3) is 0.214. The highest BCUT2D eigenvalue weighted by atomic mass is 35.5. The Morgan fingerprint density at radius 2 is 2.05 bits per heavy atom. The third kappa shape index (κ3) is 3.93. The maximum Gasteiger partial charge on any atom is 0.332 e. The van der Waals surface area contributed by atoms with Crippen molar-refractivity contribution in [2.45, 2.75) is 20.0 Å². The van der Waals surface area contributed by atoms with Crippen molar-refractivity contribution in [1.29, 1.82) is 0 Å². The lowest BCUT2D eigenvalue weighted by molar-refractivity contribution is -0.141. The molecule has 0 saturated heterocycles. The Labute approximate surface area is 121 Å². The van der Waals surface area contributed by atoms with E-state index in [9.17, 15) is 4.79 Å². The van der Waals surface area contributed by atoms with E-state index in [1.54, 1.807) is 26.0 Å². The molecule has 104 valence electrons. The fourth-order valence-corrected chi connectivity index (χ4v) is 1.61. The molecular weight excluding hydrogens is 278 g/mol. The van der Waals surface area contributed by atoms with Crippen molar-refractivity contribution in [3.63, 3.8) is 0 Å². The molecule has 0 radical (unpaired) electrons. The van der Waals surface area contributed by atoms with E-state index in [4.69, 9.17) is 16.3 Å². The Hall–Kier alpha value is -2.14. The number of benzene rings is 1. The number of ether oxygens (including phenoxy) is 1. The standard InChI is InChI=1S/C14H14ClN3O2/c1-10(2)20-13(19)7-8-18-9-16-14(17-18)11-3-5-12(15)6-4-11/h3-10H,1-2H3/b8-7-. The van der Waals surface area contributed by atoms with Crippen LogP contribution in [0.5, 0.6) is 0 Å². The number of carbonyl (C=O) groups is 1. The summed E-state index contributed by atoms with van der Waals surface area (Å²) in [5, 5.41) is 4.89. The van der Waals surface area contributed by atoms with Crippen LogP contribution >= 0.6 is 11.6 Å². The van der Waals surface area contributed by atoms with Crippen molar-refractivity contribution in [2.75, 3.05) is 0 Å². The summed E-state index contributed by atoms with van der Waals surface area (Å²) in [6, 6.07) is 7.21. The average molecular weight is 292 g/mol. The predicted octanol–water partition coefficient (Wildman–Crippen LogP) is 3.02. The lowest BCUT2D eigenvalue weighted by Crippen LogP contribution is -2.08. The van der Waals surface area contributed by atoms with Gasteiger partial charge in [-0.2, -0.15) is 0 Å². The van der Waals surface area contributed by atoms with Gasteiger partial charge in [-0.1, -0.05) is 11.6 Å². The van der Waals surface area contributed by atoms with Crippen LogP contribution in [-0.2, 0) is 9.53 Å². The number of esters is 1. The van der Waals surface area contributed by atoms with Crippen molar-refractivity contribution >= 4 is 23.8 Å². The van der Waals surface area contributed by atoms with E-state index in [2.05, 4.69) is 10.1 Å². The molecule has 0 atom stereocenters. The van der Waals surface area contributed by atoms with Gasteiger partial charge in [-0.15, -0.1) is 5.10 Å². The number of carbonyl (C=O) groups excluding carboxylic acids is 1. The van der Waals surface area contributed by atoms with Crippen LogP contribution in [0.3, 0.4) is 0 Å². The Morgan fingerprint density at radius 3 is 2.70 bits per heavy atom. The summed E-state index contributed by atoms with van der Waals surface area (Å²) in [4.78, 5) is 15.5. The third-order valence-electron chi connectivity index (χ3n) is 2.33. The van der Waals surface area contributed by atoms with Gasteiger partial charge in [-0.3, -0.25) is 0 Å². The summed E-state index contributed by atoms with van der Waals surface area (Å²) in [6.45, 7) is 3.58. The highest BCUT2D eigenvalue weighted by Crippen LogP contribution is 2.17. The maximum atomic E-state index is 11.4. The molecule has 6 heteroatoms. The minimum absolute atomic E-state index is 0.146. The molecule has 0 fully saturated rings. The van der Waals surface area contributed by atoms with Gasteiger partial charge in [0.05, 0.1) is 6.10 Å². The number of hydrogen-bond acceptors (Lipinski definition) is 4. The van der Waals surface area contributed by atoms with Crippen LogP contribution in [0.4, 0.5) is 0 Å². The first-order valence-corrected chi connectivity index (χ1v) is 6.48. The SMILES string of the molecule is CC(C)OC(=O)/C=C\n1cnc(-c2ccc(Cl)cc2)n1. The largest absolute Gasteiger partial charge is 0.460 e. The number of rotatable bonds is 4. The molecule has 1 heterocycles. The minimum atomic E-state index is -0.413. The van der Waals surface area contributed by atoms with Gasteiger partial charge < -0.3 is 4.74 Å². The van der Waals surface area contributed by atoms with E-state index in [1.807, 2.05) is 12.1 Å². The number of nitrogens with zero attached hydrogens (tertiary/aromatic N) is 3. The molecular formula is C14H14ClN3O2. The number of aromatic nitrogens is 3. The van der Waals surface area contributed by atoms with Crippen molar-refractivity contribution in [3.05, 3.63) is 41.7 Å². The zero-order valence-electron chi connectivity index (χ0n) is 11.2. The molecule has 0 N–H and O–H groups in total. The van der Waals surface area contributed by atoms with E-state index in [1.165, 1.54) is 23.3 Å². The lowest BCUT2D eigenvalue weighted by atomic mass is 10.2. The van der Waals surface area contributed by atoms with E-state index in [0.29, 0.717) is 10.8 Å². The van der Waals surface area contributed by atoms with Crippen LogP contribution in [0.25, 0.3) is 17.6 Å². The summed E-state index contributed by atoms with van der Waals surface area (Å²) in [5.74, 6) is 0.145. The first-order chi connectivity index (χ1) is 9.54. The summed E-state index contributed by atoms with van der Waals surface area (Å²) < 4.78 is 6.42. The molecule has 5 nitrogen and oxygen atoms in total. The quantitative estimate of drug-likeness (QED) is 0.642. The highest BCUT2D eigenvalue weighted by molar-refractivity contribution is 6.30. The van der Waals surface area contributed by atoms with Crippen molar-refractivity contribution < 1.29 is 9.53 Å². The van der Waals surface area contributed by atoms with Crippen LogP contribution in [0, 0.1) is 0 Å². The molecule has 0 aliphatic heterocycles. The Bertz CT molecular complexity index is 618. The molecule has 0 bridgehead atoms. The van der Waals surface area contributed by atoms with Crippen LogP contribution in [-0.4, -0.2) is 26.8 Å². The van der Waals surface area contributed by atoms with Gasteiger partial charge >= 0.3 is 5.97 Å². The molecule has 0 aliphatic rings. The summed E-state index contributed by atoms with van der Waals surface area (Å²) in [7, 11) is 0. The van der Waals surface area contributed by atoms with Gasteiger partial charge in [0.2, 0.25) is 0 Å². The lowest BCUT2D eigenvalue weighted by Gasteiger charge is -2.03. The number of halogens is 1. The second-order valence-corrected chi connectivity index (χ2v) is 4.79. The van der Waals surface area contributed by atoms with Gasteiger partial charge in [0.1, 0.15) is 6.33 Å². The fourth-order valence-electron chi connectivity index (χ4n) is 1.49. The first kappa shape index (κ1) is 14.3. The van der Waals surface area contributed by atoms with Crippen LogP contribution < -0.4 is 0 Å². The van der Waals surface area contributed by atoms with Crippen LogP contribution in [0.2, 0.25) is 5.02 Å². The monoisotopic (exact) mass is 291 g/mol. The normalized spacial score (nSPS) is 11.2. The Morgan fingerprint density at radius 1 is 1.35 bits per heavy atom. The molecule has 1 aromatic carbocycles. The highest BCUT2D eigenvalue weighted by Gasteiger charge is 2.04. The Kier molecular flexibility index (Phi) is 4.53. The van der Waals surface area contributed by atoms with Crippen LogP contribution in [0.1, 0.15) is 13.8 Å². The van der Waals surface area contributed by atoms with E-state index in [-0.39, 0.29) is 6.10 Å². The van der Waals surface area contributed by atoms with Crippen molar-refractivity contribution in [3.8, 4) is 11.4 Å². The van der Waals surface area contributed by atoms with Crippen molar-refractivity contribution in [1.82, 2.24) is 14.8 Å². The van der Waals surface area contributed by atoms with Gasteiger partial charge in [0.25, 0.3) is 0 Å². The van der Waals surface area contributed by atoms with Gasteiger partial charge in [-0.25, -0.2) is 14.5 Å². The first-order valence-electron chi connectivity index (χ1n) is 6.10. The second-order valence-electron chi connectivity index (χ2n) is 4.36.